The van der Waals surface area contributed by atoms with Gasteiger partial charge in [-0.05, 0) is 20.8 Å². The van der Waals surface area contributed by atoms with Crippen molar-refractivity contribution in [1.82, 2.24) is 24.5 Å². The van der Waals surface area contributed by atoms with Crippen LogP contribution in [0.4, 0.5) is 11.9 Å². The second-order valence-corrected chi connectivity index (χ2v) is 4.49. The first-order chi connectivity index (χ1) is 10.2. The molecular weight excluding hydrogens is 270 g/mol. The number of rotatable bonds is 8. The molecule has 2 aromatic rings. The van der Waals surface area contributed by atoms with E-state index < -0.39 is 0 Å². The highest BCUT2D eigenvalue weighted by molar-refractivity contribution is 5.38. The highest BCUT2D eigenvalue weighted by atomic mass is 16.5. The van der Waals surface area contributed by atoms with E-state index in [1.165, 1.54) is 0 Å². The van der Waals surface area contributed by atoms with Gasteiger partial charge in [-0.1, -0.05) is 0 Å². The summed E-state index contributed by atoms with van der Waals surface area (Å²) in [6.07, 6.45) is 5.12. The maximum Gasteiger partial charge on any atom is 0.241 e. The lowest BCUT2D eigenvalue weighted by Crippen LogP contribution is -2.24. The van der Waals surface area contributed by atoms with E-state index in [-0.39, 0.29) is 6.04 Å². The van der Waals surface area contributed by atoms with Gasteiger partial charge in [-0.25, -0.2) is 4.98 Å². The first-order valence-electron chi connectivity index (χ1n) is 7.05. The molecule has 0 aliphatic heterocycles. The van der Waals surface area contributed by atoms with Gasteiger partial charge in [0.2, 0.25) is 17.8 Å². The Bertz CT molecular complexity index is 543. The fourth-order valence-corrected chi connectivity index (χ4v) is 1.72. The molecule has 2 aromatic heterocycles. The molecule has 0 aromatic carbocycles. The first kappa shape index (κ1) is 15.2. The monoisotopic (exact) mass is 291 g/mol. The van der Waals surface area contributed by atoms with Crippen LogP contribution in [0, 0.1) is 0 Å². The molecular formula is C13H21N7O. The van der Waals surface area contributed by atoms with Crippen LogP contribution >= 0.6 is 0 Å². The maximum absolute atomic E-state index is 5.38. The summed E-state index contributed by atoms with van der Waals surface area (Å²) in [6, 6.07) is 0.109. The lowest BCUT2D eigenvalue weighted by atomic mass is 10.4. The molecule has 2 heterocycles. The van der Waals surface area contributed by atoms with Crippen LogP contribution in [0.3, 0.4) is 0 Å². The summed E-state index contributed by atoms with van der Waals surface area (Å²) < 4.78 is 7.12. The molecule has 0 fully saturated rings. The van der Waals surface area contributed by atoms with Gasteiger partial charge in [-0.15, -0.1) is 0 Å². The van der Waals surface area contributed by atoms with Crippen LogP contribution in [-0.2, 0) is 4.74 Å². The topological polar surface area (TPSA) is 89.8 Å². The van der Waals surface area contributed by atoms with Crippen molar-refractivity contribution in [2.45, 2.75) is 26.8 Å². The van der Waals surface area contributed by atoms with Gasteiger partial charge in [-0.2, -0.15) is 15.0 Å². The largest absolute Gasteiger partial charge is 0.380 e. The van der Waals surface area contributed by atoms with Crippen LogP contribution in [0.5, 0.6) is 0 Å². The average Bonchev–Trinajstić information content (AvgIpc) is 2.99. The summed E-state index contributed by atoms with van der Waals surface area (Å²) in [5.41, 5.74) is 0. The molecule has 1 atom stereocenters. The SMILES string of the molecule is CCNc1nc(NC(C)COCC)nc(-n2ccnc2)n1. The van der Waals surface area contributed by atoms with Crippen LogP contribution in [0.25, 0.3) is 5.95 Å². The van der Waals surface area contributed by atoms with Crippen molar-refractivity contribution >= 4 is 11.9 Å². The van der Waals surface area contributed by atoms with Crippen molar-refractivity contribution in [2.24, 2.45) is 0 Å². The highest BCUT2D eigenvalue weighted by Gasteiger charge is 2.10. The first-order valence-corrected chi connectivity index (χ1v) is 7.05. The molecule has 0 radical (unpaired) electrons. The van der Waals surface area contributed by atoms with E-state index in [0.29, 0.717) is 31.1 Å². The molecule has 0 aliphatic rings. The quantitative estimate of drug-likeness (QED) is 0.758. The van der Waals surface area contributed by atoms with Crippen molar-refractivity contribution in [3.63, 3.8) is 0 Å². The molecule has 0 spiro atoms. The highest BCUT2D eigenvalue weighted by Crippen LogP contribution is 2.10. The Labute approximate surface area is 124 Å². The minimum atomic E-state index is 0.109. The number of imidazole rings is 1. The Hall–Kier alpha value is -2.22. The zero-order chi connectivity index (χ0) is 15.1. The van der Waals surface area contributed by atoms with E-state index in [1.807, 2.05) is 20.8 Å². The molecule has 114 valence electrons. The zero-order valence-corrected chi connectivity index (χ0v) is 12.6. The van der Waals surface area contributed by atoms with Crippen LogP contribution in [0.2, 0.25) is 0 Å². The lowest BCUT2D eigenvalue weighted by molar-refractivity contribution is 0.141. The Morgan fingerprint density at radius 3 is 2.71 bits per heavy atom. The molecule has 21 heavy (non-hydrogen) atoms. The van der Waals surface area contributed by atoms with Crippen molar-refractivity contribution in [3.05, 3.63) is 18.7 Å². The molecule has 0 aliphatic carbocycles. The predicted octanol–water partition coefficient (Wildman–Crippen LogP) is 1.33. The molecule has 2 N–H and O–H groups in total. The number of hydrogen-bond donors (Lipinski definition) is 2. The van der Waals surface area contributed by atoms with Crippen molar-refractivity contribution in [1.29, 1.82) is 0 Å². The molecule has 2 rings (SSSR count). The van der Waals surface area contributed by atoms with E-state index in [1.54, 1.807) is 23.3 Å². The third kappa shape index (κ3) is 4.38. The van der Waals surface area contributed by atoms with Crippen molar-refractivity contribution in [3.8, 4) is 5.95 Å². The number of nitrogens with one attached hydrogen (secondary N) is 2. The van der Waals surface area contributed by atoms with Crippen LogP contribution in [0.15, 0.2) is 18.7 Å². The summed E-state index contributed by atoms with van der Waals surface area (Å²) in [7, 11) is 0. The van der Waals surface area contributed by atoms with E-state index in [9.17, 15) is 0 Å². The van der Waals surface area contributed by atoms with Gasteiger partial charge in [0.1, 0.15) is 6.33 Å². The second-order valence-electron chi connectivity index (χ2n) is 4.49. The smallest absolute Gasteiger partial charge is 0.241 e. The molecule has 0 saturated heterocycles. The average molecular weight is 291 g/mol. The molecule has 8 nitrogen and oxygen atoms in total. The standard InChI is InChI=1S/C13H21N7O/c1-4-15-11-17-12(16-10(3)8-21-5-2)19-13(18-11)20-7-6-14-9-20/h6-7,9-10H,4-5,8H2,1-3H3,(H2,15,16,17,18,19). The third-order valence-electron chi connectivity index (χ3n) is 2.64. The summed E-state index contributed by atoms with van der Waals surface area (Å²) in [6.45, 7) is 8.00. The van der Waals surface area contributed by atoms with E-state index in [4.69, 9.17) is 4.74 Å². The number of aromatic nitrogens is 5. The minimum absolute atomic E-state index is 0.109. The van der Waals surface area contributed by atoms with Gasteiger partial charge >= 0.3 is 0 Å². The van der Waals surface area contributed by atoms with Gasteiger partial charge in [0.25, 0.3) is 0 Å². The van der Waals surface area contributed by atoms with Gasteiger partial charge in [0, 0.05) is 31.6 Å². The Kier molecular flexibility index (Phi) is 5.44. The summed E-state index contributed by atoms with van der Waals surface area (Å²) >= 11 is 0. The van der Waals surface area contributed by atoms with Gasteiger partial charge in [0.15, 0.2) is 0 Å². The number of ether oxygens (including phenoxy) is 1. The Balaban J connectivity index is 2.19. The van der Waals surface area contributed by atoms with E-state index >= 15 is 0 Å². The second kappa shape index (κ2) is 7.53. The summed E-state index contributed by atoms with van der Waals surface area (Å²) in [5, 5.41) is 6.32. The predicted molar refractivity (Wildman–Crippen MR) is 80.7 cm³/mol. The fraction of sp³-hybridized carbons (Fsp3) is 0.538. The van der Waals surface area contributed by atoms with Crippen molar-refractivity contribution in [2.75, 3.05) is 30.4 Å². The molecule has 0 saturated carbocycles. The third-order valence-corrected chi connectivity index (χ3v) is 2.64. The molecule has 1 unspecified atom stereocenters. The Morgan fingerprint density at radius 1 is 1.24 bits per heavy atom. The van der Waals surface area contributed by atoms with Crippen LogP contribution in [0.1, 0.15) is 20.8 Å². The fourth-order valence-electron chi connectivity index (χ4n) is 1.72. The summed E-state index contributed by atoms with van der Waals surface area (Å²) in [4.78, 5) is 17.1. The zero-order valence-electron chi connectivity index (χ0n) is 12.6. The van der Waals surface area contributed by atoms with Gasteiger partial charge in [0.05, 0.1) is 6.61 Å². The van der Waals surface area contributed by atoms with E-state index in [2.05, 4.69) is 30.6 Å². The molecule has 0 bridgehead atoms. The Morgan fingerprint density at radius 2 is 2.05 bits per heavy atom. The normalized spacial score (nSPS) is 12.1. The minimum Gasteiger partial charge on any atom is -0.380 e. The maximum atomic E-state index is 5.38. The number of hydrogen-bond acceptors (Lipinski definition) is 7. The molecule has 8 heteroatoms. The summed E-state index contributed by atoms with van der Waals surface area (Å²) in [5.74, 6) is 1.56. The molecule has 0 amide bonds. The van der Waals surface area contributed by atoms with Crippen molar-refractivity contribution < 1.29 is 4.74 Å². The lowest BCUT2D eigenvalue weighted by Gasteiger charge is -2.15. The number of nitrogens with zero attached hydrogens (tertiary/aromatic N) is 5. The van der Waals surface area contributed by atoms with E-state index in [0.717, 1.165) is 6.54 Å². The van der Waals surface area contributed by atoms with Gasteiger partial charge < -0.3 is 15.4 Å². The van der Waals surface area contributed by atoms with Crippen LogP contribution < -0.4 is 10.6 Å². The van der Waals surface area contributed by atoms with Gasteiger partial charge in [-0.3, -0.25) is 4.57 Å². The van der Waals surface area contributed by atoms with Crippen LogP contribution in [-0.4, -0.2) is 50.3 Å². The number of anilines is 2.